The molecule has 1 saturated heterocycles. The maximum absolute atomic E-state index is 12.9. The SMILES string of the molecule is Cc1cccc(N2CCN(CC(O)CNC(=O)c3nc(C)n(-c4ccc(C(F)(F)F)cc4)c3C)CC2)c1C. The number of nitrogens with zero attached hydrogens (tertiary/aromatic N) is 4. The summed E-state index contributed by atoms with van der Waals surface area (Å²) < 4.78 is 40.4. The highest BCUT2D eigenvalue weighted by atomic mass is 19.4. The van der Waals surface area contributed by atoms with E-state index in [0.29, 0.717) is 23.8 Å². The highest BCUT2D eigenvalue weighted by Crippen LogP contribution is 2.30. The number of imidazole rings is 1. The van der Waals surface area contributed by atoms with Gasteiger partial charge in [-0.2, -0.15) is 13.2 Å². The zero-order valence-corrected chi connectivity index (χ0v) is 22.1. The van der Waals surface area contributed by atoms with Crippen LogP contribution in [0.3, 0.4) is 0 Å². The first-order chi connectivity index (χ1) is 18.0. The minimum absolute atomic E-state index is 0.0711. The van der Waals surface area contributed by atoms with E-state index in [1.54, 1.807) is 18.4 Å². The van der Waals surface area contributed by atoms with Gasteiger partial charge < -0.3 is 19.9 Å². The Kier molecular flexibility index (Phi) is 8.13. The van der Waals surface area contributed by atoms with E-state index in [1.165, 1.54) is 28.9 Å². The lowest BCUT2D eigenvalue weighted by Gasteiger charge is -2.37. The number of aliphatic hydroxyl groups is 1. The van der Waals surface area contributed by atoms with Gasteiger partial charge in [-0.1, -0.05) is 12.1 Å². The monoisotopic (exact) mass is 529 g/mol. The van der Waals surface area contributed by atoms with Crippen LogP contribution in [0.25, 0.3) is 5.69 Å². The number of hydrogen-bond acceptors (Lipinski definition) is 5. The second-order valence-electron chi connectivity index (χ2n) is 9.84. The Morgan fingerprint density at radius 2 is 1.68 bits per heavy atom. The van der Waals surface area contributed by atoms with Crippen molar-refractivity contribution in [3.63, 3.8) is 0 Å². The van der Waals surface area contributed by atoms with Gasteiger partial charge in [0.15, 0.2) is 0 Å². The molecule has 1 amide bonds. The molecule has 38 heavy (non-hydrogen) atoms. The van der Waals surface area contributed by atoms with E-state index < -0.39 is 23.8 Å². The van der Waals surface area contributed by atoms with E-state index >= 15 is 0 Å². The smallest absolute Gasteiger partial charge is 0.390 e. The molecule has 1 aromatic heterocycles. The average Bonchev–Trinajstić information content (AvgIpc) is 3.18. The Bertz CT molecular complexity index is 1280. The summed E-state index contributed by atoms with van der Waals surface area (Å²) in [6.07, 6.45) is -5.17. The molecule has 2 N–H and O–H groups in total. The summed E-state index contributed by atoms with van der Waals surface area (Å²) >= 11 is 0. The van der Waals surface area contributed by atoms with Crippen molar-refractivity contribution in [3.8, 4) is 5.69 Å². The lowest BCUT2D eigenvalue weighted by atomic mass is 10.1. The van der Waals surface area contributed by atoms with E-state index in [-0.39, 0.29) is 12.2 Å². The fourth-order valence-electron chi connectivity index (χ4n) is 4.94. The van der Waals surface area contributed by atoms with Gasteiger partial charge in [-0.05, 0) is 69.2 Å². The van der Waals surface area contributed by atoms with Crippen molar-refractivity contribution in [3.05, 3.63) is 76.4 Å². The van der Waals surface area contributed by atoms with Crippen LogP contribution in [0.1, 0.15) is 38.7 Å². The van der Waals surface area contributed by atoms with Crippen LogP contribution in [0, 0.1) is 27.7 Å². The van der Waals surface area contributed by atoms with Gasteiger partial charge in [0.2, 0.25) is 0 Å². The van der Waals surface area contributed by atoms with E-state index in [4.69, 9.17) is 0 Å². The van der Waals surface area contributed by atoms with Crippen molar-refractivity contribution in [2.45, 2.75) is 40.0 Å². The number of aliphatic hydroxyl groups excluding tert-OH is 1. The molecule has 1 atom stereocenters. The fraction of sp³-hybridized carbons (Fsp3) is 0.429. The summed E-state index contributed by atoms with van der Waals surface area (Å²) in [6.45, 7) is 11.5. The Morgan fingerprint density at radius 3 is 2.32 bits per heavy atom. The normalized spacial score (nSPS) is 15.5. The maximum Gasteiger partial charge on any atom is 0.416 e. The van der Waals surface area contributed by atoms with Crippen LogP contribution in [0.2, 0.25) is 0 Å². The number of hydrogen-bond donors (Lipinski definition) is 2. The van der Waals surface area contributed by atoms with Crippen LogP contribution in [-0.4, -0.2) is 70.8 Å². The zero-order valence-electron chi connectivity index (χ0n) is 22.1. The van der Waals surface area contributed by atoms with Crippen molar-refractivity contribution in [1.82, 2.24) is 19.8 Å². The number of piperazine rings is 1. The average molecular weight is 530 g/mol. The molecule has 0 bridgehead atoms. The molecule has 2 aromatic carbocycles. The molecule has 3 aromatic rings. The van der Waals surface area contributed by atoms with Crippen LogP contribution in [-0.2, 0) is 6.18 Å². The topological polar surface area (TPSA) is 73.6 Å². The van der Waals surface area contributed by atoms with Crippen LogP contribution < -0.4 is 10.2 Å². The second-order valence-corrected chi connectivity index (χ2v) is 9.84. The van der Waals surface area contributed by atoms with Crippen LogP contribution in [0.15, 0.2) is 42.5 Å². The number of halogens is 3. The van der Waals surface area contributed by atoms with Crippen LogP contribution in [0.5, 0.6) is 0 Å². The number of rotatable bonds is 7. The van der Waals surface area contributed by atoms with Gasteiger partial charge in [-0.15, -0.1) is 0 Å². The molecule has 2 heterocycles. The van der Waals surface area contributed by atoms with Gasteiger partial charge >= 0.3 is 6.18 Å². The minimum Gasteiger partial charge on any atom is -0.390 e. The zero-order chi connectivity index (χ0) is 27.6. The number of amides is 1. The number of alkyl halides is 3. The lowest BCUT2D eigenvalue weighted by molar-refractivity contribution is -0.137. The first-order valence-corrected chi connectivity index (χ1v) is 12.7. The maximum atomic E-state index is 12.9. The van der Waals surface area contributed by atoms with Crippen molar-refractivity contribution in [2.75, 3.05) is 44.2 Å². The highest BCUT2D eigenvalue weighted by Gasteiger charge is 2.30. The fourth-order valence-corrected chi connectivity index (χ4v) is 4.94. The Morgan fingerprint density at radius 1 is 1.03 bits per heavy atom. The third-order valence-corrected chi connectivity index (χ3v) is 7.20. The van der Waals surface area contributed by atoms with Crippen LogP contribution >= 0.6 is 0 Å². The molecule has 1 aliphatic heterocycles. The number of aromatic nitrogens is 2. The van der Waals surface area contributed by atoms with Gasteiger partial charge in [-0.3, -0.25) is 9.69 Å². The van der Waals surface area contributed by atoms with E-state index in [9.17, 15) is 23.1 Å². The molecule has 204 valence electrons. The van der Waals surface area contributed by atoms with E-state index in [2.05, 4.69) is 52.1 Å². The summed E-state index contributed by atoms with van der Waals surface area (Å²) in [5.74, 6) is 0.0460. The number of carbonyl (C=O) groups is 1. The summed E-state index contributed by atoms with van der Waals surface area (Å²) in [4.78, 5) is 21.7. The predicted octanol–water partition coefficient (Wildman–Crippen LogP) is 4.04. The van der Waals surface area contributed by atoms with Crippen molar-refractivity contribution < 1.29 is 23.1 Å². The molecule has 1 unspecified atom stereocenters. The molecule has 0 spiro atoms. The van der Waals surface area contributed by atoms with Gasteiger partial charge in [0.25, 0.3) is 5.91 Å². The Hall–Kier alpha value is -3.37. The molecule has 4 rings (SSSR count). The molecule has 0 radical (unpaired) electrons. The van der Waals surface area contributed by atoms with Gasteiger partial charge in [0.05, 0.1) is 17.4 Å². The Labute approximate surface area is 220 Å². The summed E-state index contributed by atoms with van der Waals surface area (Å²) in [5.41, 5.74) is 4.24. The van der Waals surface area contributed by atoms with E-state index in [0.717, 1.165) is 38.3 Å². The molecule has 1 aliphatic rings. The van der Waals surface area contributed by atoms with Gasteiger partial charge in [0.1, 0.15) is 11.5 Å². The largest absolute Gasteiger partial charge is 0.416 e. The molecule has 0 aliphatic carbocycles. The molecular formula is C28H34F3N5O2. The number of aryl methyl sites for hydroxylation is 2. The van der Waals surface area contributed by atoms with Crippen molar-refractivity contribution in [2.24, 2.45) is 0 Å². The van der Waals surface area contributed by atoms with Gasteiger partial charge in [-0.25, -0.2) is 4.98 Å². The quantitative estimate of drug-likeness (QED) is 0.484. The first-order valence-electron chi connectivity index (χ1n) is 12.7. The summed E-state index contributed by atoms with van der Waals surface area (Å²) in [7, 11) is 0. The summed E-state index contributed by atoms with van der Waals surface area (Å²) in [6, 6.07) is 11.1. The molecule has 10 heteroatoms. The molecule has 7 nitrogen and oxygen atoms in total. The standard InChI is InChI=1S/C28H34F3N5O2/c1-18-6-5-7-25(19(18)2)35-14-12-34(13-15-35)17-24(37)16-32-27(38)26-20(3)36(21(4)33-26)23-10-8-22(9-11-23)28(29,30)31/h5-11,24,37H,12-17H2,1-4H3,(H,32,38). The number of nitrogens with one attached hydrogen (secondary N) is 1. The minimum atomic E-state index is -4.42. The third-order valence-electron chi connectivity index (χ3n) is 7.20. The number of benzene rings is 2. The van der Waals surface area contributed by atoms with Crippen LogP contribution in [0.4, 0.5) is 18.9 Å². The van der Waals surface area contributed by atoms with E-state index in [1.807, 2.05) is 0 Å². The molecule has 1 fully saturated rings. The van der Waals surface area contributed by atoms with Crippen molar-refractivity contribution >= 4 is 11.6 Å². The highest BCUT2D eigenvalue weighted by molar-refractivity contribution is 5.93. The number of β-amino-alcohol motifs (C(OH)–C–C–N with tert-alkyl or cyclic N) is 1. The number of carbonyl (C=O) groups excluding carboxylic acids is 1. The number of anilines is 1. The molecular weight excluding hydrogens is 495 g/mol. The predicted molar refractivity (Wildman–Crippen MR) is 141 cm³/mol. The second kappa shape index (κ2) is 11.2. The Balaban J connectivity index is 1.31. The third kappa shape index (κ3) is 6.02. The first kappa shape index (κ1) is 27.7. The summed E-state index contributed by atoms with van der Waals surface area (Å²) in [5, 5.41) is 13.3. The lowest BCUT2D eigenvalue weighted by Crippen LogP contribution is -2.50. The molecule has 0 saturated carbocycles. The van der Waals surface area contributed by atoms with Crippen molar-refractivity contribution in [1.29, 1.82) is 0 Å². The van der Waals surface area contributed by atoms with Gasteiger partial charge in [0, 0.05) is 50.6 Å².